The Morgan fingerprint density at radius 2 is 1.36 bits per heavy atom. The number of ether oxygens (including phenoxy) is 1. The van der Waals surface area contributed by atoms with E-state index in [9.17, 15) is 0 Å². The van der Waals surface area contributed by atoms with Crippen molar-refractivity contribution >= 4 is 53.7 Å². The number of nitrogens with zero attached hydrogens (tertiary/aromatic N) is 1. The molecule has 4 heteroatoms. The fourth-order valence-corrected chi connectivity index (χ4v) is 3.94. The summed E-state index contributed by atoms with van der Waals surface area (Å²) < 4.78 is 10.4. The summed E-state index contributed by atoms with van der Waals surface area (Å²) >= 11 is 7.19. The topological polar surface area (TPSA) is 14.2 Å². The van der Waals surface area contributed by atoms with Crippen LogP contribution >= 0.6 is 31.9 Å². The molecule has 0 fully saturated rings. The fourth-order valence-electron chi connectivity index (χ4n) is 3.22. The predicted octanol–water partition coefficient (Wildman–Crippen LogP) is 6.79. The molecule has 0 radical (unpaired) electrons. The lowest BCUT2D eigenvalue weighted by molar-refractivity contribution is 0.303. The normalized spacial score (nSPS) is 11.3. The Kier molecular flexibility index (Phi) is 4.82. The number of hydrogen-bond acceptors (Lipinski definition) is 1. The van der Waals surface area contributed by atoms with Crippen LogP contribution in [0.1, 0.15) is 6.42 Å². The molecule has 126 valence electrons. The van der Waals surface area contributed by atoms with Gasteiger partial charge in [-0.25, -0.2) is 0 Å². The number of fused-ring (bicyclic) bond motifs is 3. The number of rotatable bonds is 5. The smallest absolute Gasteiger partial charge is 0.119 e. The molecule has 0 aliphatic heterocycles. The second kappa shape index (κ2) is 7.22. The molecule has 2 nitrogen and oxygen atoms in total. The van der Waals surface area contributed by atoms with Crippen LogP contribution in [-0.4, -0.2) is 11.2 Å². The largest absolute Gasteiger partial charge is 0.494 e. The highest BCUT2D eigenvalue weighted by atomic mass is 79.9. The van der Waals surface area contributed by atoms with Gasteiger partial charge in [0.25, 0.3) is 0 Å². The van der Waals surface area contributed by atoms with Crippen molar-refractivity contribution in [1.29, 1.82) is 0 Å². The van der Waals surface area contributed by atoms with Crippen molar-refractivity contribution in [2.45, 2.75) is 13.0 Å². The molecule has 0 aliphatic carbocycles. The Morgan fingerprint density at radius 3 is 1.96 bits per heavy atom. The number of para-hydroxylation sites is 1. The van der Waals surface area contributed by atoms with Gasteiger partial charge < -0.3 is 9.30 Å². The summed E-state index contributed by atoms with van der Waals surface area (Å²) in [4.78, 5) is 0. The first-order chi connectivity index (χ1) is 12.2. The summed E-state index contributed by atoms with van der Waals surface area (Å²) in [6.07, 6.45) is 0.958. The third kappa shape index (κ3) is 3.46. The zero-order valence-corrected chi connectivity index (χ0v) is 16.8. The molecule has 0 saturated carbocycles. The molecule has 0 amide bonds. The predicted molar refractivity (Wildman–Crippen MR) is 111 cm³/mol. The van der Waals surface area contributed by atoms with E-state index in [1.807, 2.05) is 30.3 Å². The molecule has 0 N–H and O–H groups in total. The summed E-state index contributed by atoms with van der Waals surface area (Å²) in [6, 6.07) is 23.0. The van der Waals surface area contributed by atoms with Crippen LogP contribution < -0.4 is 4.74 Å². The van der Waals surface area contributed by atoms with Crippen LogP contribution in [-0.2, 0) is 6.54 Å². The number of aromatic nitrogens is 1. The third-order valence-electron chi connectivity index (χ3n) is 4.33. The number of halogens is 2. The van der Waals surface area contributed by atoms with Crippen molar-refractivity contribution in [2.75, 3.05) is 6.61 Å². The molecule has 4 aromatic rings. The first kappa shape index (κ1) is 16.7. The van der Waals surface area contributed by atoms with E-state index in [1.165, 1.54) is 21.8 Å². The van der Waals surface area contributed by atoms with Crippen LogP contribution in [0.15, 0.2) is 75.7 Å². The van der Waals surface area contributed by atoms with Gasteiger partial charge in [-0.15, -0.1) is 0 Å². The summed E-state index contributed by atoms with van der Waals surface area (Å²) in [7, 11) is 0. The van der Waals surface area contributed by atoms with Gasteiger partial charge in [-0.3, -0.25) is 0 Å². The highest BCUT2D eigenvalue weighted by molar-refractivity contribution is 9.10. The average Bonchev–Trinajstić information content (AvgIpc) is 2.92. The molecule has 4 rings (SSSR count). The van der Waals surface area contributed by atoms with Crippen molar-refractivity contribution in [3.63, 3.8) is 0 Å². The van der Waals surface area contributed by atoms with Crippen LogP contribution in [0.4, 0.5) is 0 Å². The van der Waals surface area contributed by atoms with Crippen molar-refractivity contribution < 1.29 is 4.74 Å². The molecule has 0 bridgehead atoms. The molecule has 3 aromatic carbocycles. The lowest BCUT2D eigenvalue weighted by Crippen LogP contribution is -2.04. The molecule has 1 aromatic heterocycles. The van der Waals surface area contributed by atoms with Crippen molar-refractivity contribution in [3.8, 4) is 5.75 Å². The summed E-state index contributed by atoms with van der Waals surface area (Å²) in [5.41, 5.74) is 2.52. The van der Waals surface area contributed by atoms with Gasteiger partial charge in [0.15, 0.2) is 0 Å². The maximum atomic E-state index is 5.84. The zero-order chi connectivity index (χ0) is 17.2. The number of hydrogen-bond donors (Lipinski definition) is 0. The van der Waals surface area contributed by atoms with E-state index in [2.05, 4.69) is 72.8 Å². The van der Waals surface area contributed by atoms with Crippen LogP contribution in [0.25, 0.3) is 21.8 Å². The Balaban J connectivity index is 1.61. The second-order valence-electron chi connectivity index (χ2n) is 5.99. The molecule has 0 unspecified atom stereocenters. The van der Waals surface area contributed by atoms with E-state index in [0.29, 0.717) is 6.61 Å². The van der Waals surface area contributed by atoms with E-state index < -0.39 is 0 Å². The van der Waals surface area contributed by atoms with E-state index in [4.69, 9.17) is 4.74 Å². The molecule has 0 saturated heterocycles. The Hall–Kier alpha value is -1.78. The monoisotopic (exact) mass is 457 g/mol. The second-order valence-corrected chi connectivity index (χ2v) is 7.82. The first-order valence-corrected chi connectivity index (χ1v) is 9.86. The Labute approximate surface area is 163 Å². The quantitative estimate of drug-likeness (QED) is 0.300. The van der Waals surface area contributed by atoms with Crippen molar-refractivity contribution in [3.05, 3.63) is 75.7 Å². The fraction of sp³-hybridized carbons (Fsp3) is 0.143. The maximum Gasteiger partial charge on any atom is 0.119 e. The molecule has 0 aliphatic rings. The van der Waals surface area contributed by atoms with Crippen LogP contribution in [0.3, 0.4) is 0 Å². The molecule has 0 atom stereocenters. The van der Waals surface area contributed by atoms with Crippen molar-refractivity contribution in [2.24, 2.45) is 0 Å². The van der Waals surface area contributed by atoms with Gasteiger partial charge in [-0.05, 0) is 55.0 Å². The molecule has 1 heterocycles. The zero-order valence-electron chi connectivity index (χ0n) is 13.6. The SMILES string of the molecule is Brc1ccc2c(c1)c1cc(Br)ccc1n2CCCOc1ccccc1. The number of benzene rings is 3. The lowest BCUT2D eigenvalue weighted by atomic mass is 10.2. The van der Waals surface area contributed by atoms with E-state index in [0.717, 1.165) is 27.7 Å². The molecular formula is C21H17Br2NO. The van der Waals surface area contributed by atoms with Gasteiger partial charge >= 0.3 is 0 Å². The van der Waals surface area contributed by atoms with Crippen LogP contribution in [0.2, 0.25) is 0 Å². The van der Waals surface area contributed by atoms with Crippen LogP contribution in [0, 0.1) is 0 Å². The standard InChI is InChI=1S/C21H17Br2NO/c22-15-7-9-20-18(13-15)19-14-16(23)8-10-21(19)24(20)11-4-12-25-17-5-2-1-3-6-17/h1-3,5-10,13-14H,4,11-12H2. The van der Waals surface area contributed by atoms with Gasteiger partial charge in [0.1, 0.15) is 5.75 Å². The van der Waals surface area contributed by atoms with Gasteiger partial charge in [0, 0.05) is 37.3 Å². The highest BCUT2D eigenvalue weighted by Crippen LogP contribution is 2.33. The maximum absolute atomic E-state index is 5.84. The molecular weight excluding hydrogens is 442 g/mol. The Bertz CT molecular complexity index is 965. The Morgan fingerprint density at radius 1 is 0.760 bits per heavy atom. The van der Waals surface area contributed by atoms with E-state index in [-0.39, 0.29) is 0 Å². The van der Waals surface area contributed by atoms with Crippen molar-refractivity contribution in [1.82, 2.24) is 4.57 Å². The van der Waals surface area contributed by atoms with Gasteiger partial charge in [0.05, 0.1) is 6.61 Å². The average molecular weight is 459 g/mol. The minimum absolute atomic E-state index is 0.707. The summed E-state index contributed by atoms with van der Waals surface area (Å²) in [5.74, 6) is 0.928. The van der Waals surface area contributed by atoms with Crippen LogP contribution in [0.5, 0.6) is 5.75 Å². The highest BCUT2D eigenvalue weighted by Gasteiger charge is 2.11. The molecule has 0 spiro atoms. The lowest BCUT2D eigenvalue weighted by Gasteiger charge is -2.09. The summed E-state index contributed by atoms with van der Waals surface area (Å²) in [5, 5.41) is 2.55. The van der Waals surface area contributed by atoms with Gasteiger partial charge in [0.2, 0.25) is 0 Å². The minimum atomic E-state index is 0.707. The number of aryl methyl sites for hydroxylation is 1. The van der Waals surface area contributed by atoms with Gasteiger partial charge in [-0.1, -0.05) is 50.1 Å². The third-order valence-corrected chi connectivity index (χ3v) is 5.31. The van der Waals surface area contributed by atoms with E-state index >= 15 is 0 Å². The van der Waals surface area contributed by atoms with Gasteiger partial charge in [-0.2, -0.15) is 0 Å². The first-order valence-electron chi connectivity index (χ1n) is 8.27. The summed E-state index contributed by atoms with van der Waals surface area (Å²) in [6.45, 7) is 1.63. The molecule has 25 heavy (non-hydrogen) atoms. The van der Waals surface area contributed by atoms with E-state index in [1.54, 1.807) is 0 Å². The minimum Gasteiger partial charge on any atom is -0.494 e.